The van der Waals surface area contributed by atoms with Gasteiger partial charge in [0, 0.05) is 6.54 Å². The van der Waals surface area contributed by atoms with Gasteiger partial charge in [0.15, 0.2) is 11.5 Å². The van der Waals surface area contributed by atoms with E-state index in [9.17, 15) is 0 Å². The highest BCUT2D eigenvalue weighted by molar-refractivity contribution is 5.24. The molecule has 1 heterocycles. The van der Waals surface area contributed by atoms with Gasteiger partial charge in [0.05, 0.1) is 0 Å². The summed E-state index contributed by atoms with van der Waals surface area (Å²) in [6.07, 6.45) is 5.26. The summed E-state index contributed by atoms with van der Waals surface area (Å²) < 4.78 is 11.0. The third-order valence-corrected chi connectivity index (χ3v) is 1.76. The first kappa shape index (κ1) is 9.86. The van der Waals surface area contributed by atoms with Gasteiger partial charge in [-0.3, -0.25) is 0 Å². The molecule has 3 nitrogen and oxygen atoms in total. The van der Waals surface area contributed by atoms with Crippen LogP contribution in [0.3, 0.4) is 0 Å². The minimum atomic E-state index is -0.0464. The lowest BCUT2D eigenvalue weighted by Crippen LogP contribution is -2.32. The largest absolute Gasteiger partial charge is 0.486 e. The first-order valence-electron chi connectivity index (χ1n) is 4.30. The molecule has 1 atom stereocenters. The Morgan fingerprint density at radius 2 is 2.38 bits per heavy atom. The van der Waals surface area contributed by atoms with Crippen LogP contribution in [0, 0.1) is 0 Å². The van der Waals surface area contributed by atoms with Crippen molar-refractivity contribution in [2.24, 2.45) is 5.73 Å². The molecule has 13 heavy (non-hydrogen) atoms. The molecule has 0 amide bonds. The SMILES string of the molecule is C=C/C=C1/OC(CN)CO/C1=C/C. The maximum Gasteiger partial charge on any atom is 0.161 e. The van der Waals surface area contributed by atoms with Crippen LogP contribution in [-0.4, -0.2) is 19.3 Å². The van der Waals surface area contributed by atoms with E-state index in [1.54, 1.807) is 12.2 Å². The van der Waals surface area contributed by atoms with Gasteiger partial charge >= 0.3 is 0 Å². The highest BCUT2D eigenvalue weighted by Gasteiger charge is 2.20. The molecule has 1 rings (SSSR count). The van der Waals surface area contributed by atoms with Crippen LogP contribution < -0.4 is 5.73 Å². The predicted molar refractivity (Wildman–Crippen MR) is 51.9 cm³/mol. The quantitative estimate of drug-likeness (QED) is 0.699. The normalized spacial score (nSPS) is 28.3. The Balaban J connectivity index is 2.74. The molecule has 1 saturated heterocycles. The van der Waals surface area contributed by atoms with Gasteiger partial charge in [0.2, 0.25) is 0 Å². The summed E-state index contributed by atoms with van der Waals surface area (Å²) in [5.74, 6) is 1.46. The number of hydrogen-bond donors (Lipinski definition) is 1. The zero-order valence-corrected chi connectivity index (χ0v) is 7.82. The van der Waals surface area contributed by atoms with Gasteiger partial charge in [-0.2, -0.15) is 0 Å². The molecule has 0 aliphatic carbocycles. The van der Waals surface area contributed by atoms with Gasteiger partial charge < -0.3 is 15.2 Å². The van der Waals surface area contributed by atoms with E-state index in [0.717, 1.165) is 5.76 Å². The molecule has 1 fully saturated rings. The first-order chi connectivity index (χ1) is 6.31. The second-order valence-corrected chi connectivity index (χ2v) is 2.71. The average molecular weight is 181 g/mol. The van der Waals surface area contributed by atoms with Crippen LogP contribution in [0.5, 0.6) is 0 Å². The Hall–Kier alpha value is -1.22. The van der Waals surface area contributed by atoms with Crippen molar-refractivity contribution in [3.8, 4) is 0 Å². The molecule has 1 aliphatic rings. The average Bonchev–Trinajstić information content (AvgIpc) is 2.18. The summed E-state index contributed by atoms with van der Waals surface area (Å²) >= 11 is 0. The Morgan fingerprint density at radius 1 is 1.62 bits per heavy atom. The van der Waals surface area contributed by atoms with E-state index in [0.29, 0.717) is 18.9 Å². The van der Waals surface area contributed by atoms with Gasteiger partial charge in [0.1, 0.15) is 12.7 Å². The summed E-state index contributed by atoms with van der Waals surface area (Å²) in [6.45, 7) is 6.49. The molecule has 0 radical (unpaired) electrons. The van der Waals surface area contributed by atoms with E-state index in [1.807, 2.05) is 13.0 Å². The zero-order valence-electron chi connectivity index (χ0n) is 7.82. The molecule has 1 aliphatic heterocycles. The van der Waals surface area contributed by atoms with Crippen molar-refractivity contribution in [2.75, 3.05) is 13.2 Å². The lowest BCUT2D eigenvalue weighted by atomic mass is 10.2. The number of rotatable bonds is 2. The Labute approximate surface area is 78.5 Å². The molecule has 0 aromatic rings. The molecular formula is C10H15NO2. The second kappa shape index (κ2) is 4.72. The maximum atomic E-state index is 5.55. The van der Waals surface area contributed by atoms with Crippen molar-refractivity contribution in [1.82, 2.24) is 0 Å². The standard InChI is InChI=1S/C10H15NO2/c1-3-5-10-9(4-2)12-7-8(6-11)13-10/h3-5,8H,1,6-7,11H2,2H3/b9-4+,10-5+. The highest BCUT2D eigenvalue weighted by Crippen LogP contribution is 2.21. The molecule has 0 aromatic carbocycles. The Bertz CT molecular complexity index is 243. The third-order valence-electron chi connectivity index (χ3n) is 1.76. The lowest BCUT2D eigenvalue weighted by Gasteiger charge is -2.27. The van der Waals surface area contributed by atoms with Gasteiger partial charge in [-0.1, -0.05) is 12.7 Å². The van der Waals surface area contributed by atoms with E-state index >= 15 is 0 Å². The zero-order chi connectivity index (χ0) is 9.68. The molecule has 0 spiro atoms. The van der Waals surface area contributed by atoms with Crippen molar-refractivity contribution in [3.05, 3.63) is 36.3 Å². The van der Waals surface area contributed by atoms with Crippen LogP contribution in [0.15, 0.2) is 36.3 Å². The molecule has 72 valence electrons. The molecule has 2 N–H and O–H groups in total. The van der Waals surface area contributed by atoms with Crippen LogP contribution in [0.25, 0.3) is 0 Å². The van der Waals surface area contributed by atoms with E-state index in [-0.39, 0.29) is 6.10 Å². The summed E-state index contributed by atoms with van der Waals surface area (Å²) in [6, 6.07) is 0. The molecule has 1 unspecified atom stereocenters. The van der Waals surface area contributed by atoms with E-state index in [2.05, 4.69) is 6.58 Å². The van der Waals surface area contributed by atoms with Gasteiger partial charge in [-0.25, -0.2) is 0 Å². The number of hydrogen-bond acceptors (Lipinski definition) is 3. The minimum absolute atomic E-state index is 0.0464. The smallest absolute Gasteiger partial charge is 0.161 e. The molecular weight excluding hydrogens is 166 g/mol. The number of allylic oxidation sites excluding steroid dienone is 3. The first-order valence-corrected chi connectivity index (χ1v) is 4.30. The van der Waals surface area contributed by atoms with Crippen molar-refractivity contribution < 1.29 is 9.47 Å². The summed E-state index contributed by atoms with van der Waals surface area (Å²) in [5, 5.41) is 0. The fraction of sp³-hybridized carbons (Fsp3) is 0.400. The van der Waals surface area contributed by atoms with Crippen LogP contribution >= 0.6 is 0 Å². The van der Waals surface area contributed by atoms with E-state index < -0.39 is 0 Å². The van der Waals surface area contributed by atoms with Crippen LogP contribution in [-0.2, 0) is 9.47 Å². The van der Waals surface area contributed by atoms with E-state index in [4.69, 9.17) is 15.2 Å². The van der Waals surface area contributed by atoms with Crippen molar-refractivity contribution in [1.29, 1.82) is 0 Å². The summed E-state index contributed by atoms with van der Waals surface area (Å²) in [4.78, 5) is 0. The van der Waals surface area contributed by atoms with Crippen molar-refractivity contribution in [2.45, 2.75) is 13.0 Å². The van der Waals surface area contributed by atoms with Crippen molar-refractivity contribution in [3.63, 3.8) is 0 Å². The topological polar surface area (TPSA) is 44.5 Å². The molecule has 3 heteroatoms. The number of ether oxygens (including phenoxy) is 2. The fourth-order valence-electron chi connectivity index (χ4n) is 1.10. The van der Waals surface area contributed by atoms with Crippen LogP contribution in [0.2, 0.25) is 0 Å². The third kappa shape index (κ3) is 2.36. The summed E-state index contributed by atoms with van der Waals surface area (Å²) in [7, 11) is 0. The monoisotopic (exact) mass is 181 g/mol. The fourth-order valence-corrected chi connectivity index (χ4v) is 1.10. The van der Waals surface area contributed by atoms with E-state index in [1.165, 1.54) is 0 Å². The second-order valence-electron chi connectivity index (χ2n) is 2.71. The highest BCUT2D eigenvalue weighted by atomic mass is 16.6. The Morgan fingerprint density at radius 3 is 2.92 bits per heavy atom. The van der Waals surface area contributed by atoms with Crippen LogP contribution in [0.4, 0.5) is 0 Å². The predicted octanol–water partition coefficient (Wildman–Crippen LogP) is 1.33. The maximum absolute atomic E-state index is 5.55. The minimum Gasteiger partial charge on any atom is -0.486 e. The molecule has 0 bridgehead atoms. The van der Waals surface area contributed by atoms with Gasteiger partial charge in [-0.15, -0.1) is 0 Å². The van der Waals surface area contributed by atoms with Gasteiger partial charge in [-0.05, 0) is 19.1 Å². The lowest BCUT2D eigenvalue weighted by molar-refractivity contribution is -0.00185. The molecule has 0 saturated carbocycles. The summed E-state index contributed by atoms with van der Waals surface area (Å²) in [5.41, 5.74) is 5.47. The molecule has 0 aromatic heterocycles. The number of nitrogens with two attached hydrogens (primary N) is 1. The van der Waals surface area contributed by atoms with Gasteiger partial charge in [0.25, 0.3) is 0 Å². The van der Waals surface area contributed by atoms with Crippen LogP contribution in [0.1, 0.15) is 6.92 Å². The van der Waals surface area contributed by atoms with Crippen molar-refractivity contribution >= 4 is 0 Å². The Kier molecular flexibility index (Phi) is 3.58.